The van der Waals surface area contributed by atoms with E-state index in [9.17, 15) is 4.79 Å². The van der Waals surface area contributed by atoms with Crippen LogP contribution in [0, 0.1) is 5.92 Å². The summed E-state index contributed by atoms with van der Waals surface area (Å²) in [4.78, 5) is 19.7. The number of ether oxygens (including phenoxy) is 1. The summed E-state index contributed by atoms with van der Waals surface area (Å²) in [6, 6.07) is 18.1. The lowest BCUT2D eigenvalue weighted by Crippen LogP contribution is -2.45. The third-order valence-electron chi connectivity index (χ3n) is 7.79. The maximum absolute atomic E-state index is 12.8. The van der Waals surface area contributed by atoms with Crippen LogP contribution in [0.2, 0.25) is 10.0 Å². The first-order valence-corrected chi connectivity index (χ1v) is 14.1. The van der Waals surface area contributed by atoms with Gasteiger partial charge in [0.25, 0.3) is 0 Å². The minimum Gasteiger partial charge on any atom is -0.381 e. The summed E-state index contributed by atoms with van der Waals surface area (Å²) in [6.07, 6.45) is 8.14. The van der Waals surface area contributed by atoms with Crippen molar-refractivity contribution in [2.75, 3.05) is 38.2 Å². The minimum atomic E-state index is -0.264. The molecule has 1 aromatic heterocycles. The molecule has 2 fully saturated rings. The number of nitrogens with one attached hydrogen (secondary N) is 2. The number of likely N-dealkylation sites (tertiary alicyclic amines) is 1. The number of benzene rings is 2. The average molecular weight is 554 g/mol. The van der Waals surface area contributed by atoms with Crippen LogP contribution in [-0.2, 0) is 4.74 Å². The molecule has 2 amide bonds. The van der Waals surface area contributed by atoms with Gasteiger partial charge in [-0.3, -0.25) is 4.98 Å². The monoisotopic (exact) mass is 552 g/mol. The van der Waals surface area contributed by atoms with Gasteiger partial charge in [-0.25, -0.2) is 4.79 Å². The molecular formula is C30H34Cl2N4O2. The van der Waals surface area contributed by atoms with Crippen molar-refractivity contribution in [1.82, 2.24) is 15.2 Å². The quantitative estimate of drug-likeness (QED) is 0.336. The molecule has 5 rings (SSSR count). The second-order valence-corrected chi connectivity index (χ2v) is 11.1. The Morgan fingerprint density at radius 1 is 0.974 bits per heavy atom. The number of hydrogen-bond donors (Lipinski definition) is 2. The van der Waals surface area contributed by atoms with Gasteiger partial charge in [0.15, 0.2) is 0 Å². The summed E-state index contributed by atoms with van der Waals surface area (Å²) in [5.41, 5.74) is 4.05. The van der Waals surface area contributed by atoms with Crippen molar-refractivity contribution in [2.45, 2.75) is 37.6 Å². The van der Waals surface area contributed by atoms with Gasteiger partial charge >= 0.3 is 6.03 Å². The number of carbonyl (C=O) groups is 1. The molecule has 3 heterocycles. The summed E-state index contributed by atoms with van der Waals surface area (Å²) >= 11 is 12.2. The lowest BCUT2D eigenvalue weighted by Gasteiger charge is -2.41. The Hall–Kier alpha value is -2.64. The van der Waals surface area contributed by atoms with Crippen molar-refractivity contribution in [3.8, 4) is 11.1 Å². The van der Waals surface area contributed by atoms with Gasteiger partial charge in [-0.1, -0.05) is 53.5 Å². The highest BCUT2D eigenvalue weighted by atomic mass is 35.5. The molecule has 0 aliphatic carbocycles. The summed E-state index contributed by atoms with van der Waals surface area (Å²) in [5.74, 6) is 0.694. The molecule has 2 N–H and O–H groups in total. The fraction of sp³-hybridized carbons (Fsp3) is 0.400. The highest BCUT2D eigenvalue weighted by molar-refractivity contribution is 6.35. The molecule has 0 saturated carbocycles. The van der Waals surface area contributed by atoms with E-state index in [0.717, 1.165) is 63.1 Å². The van der Waals surface area contributed by atoms with Crippen molar-refractivity contribution in [3.63, 3.8) is 0 Å². The molecule has 0 spiro atoms. The van der Waals surface area contributed by atoms with Crippen LogP contribution in [0.1, 0.15) is 37.2 Å². The predicted molar refractivity (Wildman–Crippen MR) is 154 cm³/mol. The molecule has 2 aliphatic heterocycles. The first-order chi connectivity index (χ1) is 18.5. The van der Waals surface area contributed by atoms with Crippen molar-refractivity contribution in [2.24, 2.45) is 5.92 Å². The van der Waals surface area contributed by atoms with Crippen molar-refractivity contribution in [3.05, 3.63) is 82.6 Å². The van der Waals surface area contributed by atoms with Crippen molar-refractivity contribution < 1.29 is 9.53 Å². The predicted octanol–water partition coefficient (Wildman–Crippen LogP) is 6.85. The molecule has 1 unspecified atom stereocenters. The third-order valence-corrected chi connectivity index (χ3v) is 8.22. The van der Waals surface area contributed by atoms with Gasteiger partial charge in [-0.2, -0.15) is 0 Å². The van der Waals surface area contributed by atoms with Crippen LogP contribution >= 0.6 is 23.2 Å². The van der Waals surface area contributed by atoms with Crippen LogP contribution in [0.4, 0.5) is 10.5 Å². The smallest absolute Gasteiger partial charge is 0.319 e. The van der Waals surface area contributed by atoms with Crippen molar-refractivity contribution >= 4 is 34.9 Å². The zero-order valence-corrected chi connectivity index (χ0v) is 22.9. The number of urea groups is 1. The number of aromatic nitrogens is 1. The number of amides is 2. The number of nitrogens with zero attached hydrogens (tertiary/aromatic N) is 2. The molecule has 0 bridgehead atoms. The molecule has 2 aromatic carbocycles. The lowest BCUT2D eigenvalue weighted by atomic mass is 9.79. The Labute approximate surface area is 234 Å². The summed E-state index contributed by atoms with van der Waals surface area (Å²) in [6.45, 7) is 4.47. The molecule has 2 aliphatic rings. The second-order valence-electron chi connectivity index (χ2n) is 10.2. The van der Waals surface area contributed by atoms with Gasteiger partial charge in [-0.15, -0.1) is 0 Å². The van der Waals surface area contributed by atoms with E-state index in [2.05, 4.69) is 50.8 Å². The summed E-state index contributed by atoms with van der Waals surface area (Å²) in [7, 11) is 0. The maximum Gasteiger partial charge on any atom is 0.319 e. The first kappa shape index (κ1) is 26.9. The van der Waals surface area contributed by atoms with Crippen molar-refractivity contribution in [1.29, 1.82) is 0 Å². The number of halogens is 2. The Balaban J connectivity index is 1.27. The fourth-order valence-corrected chi connectivity index (χ4v) is 6.28. The zero-order valence-electron chi connectivity index (χ0n) is 21.4. The van der Waals surface area contributed by atoms with E-state index >= 15 is 0 Å². The molecule has 200 valence electrons. The highest BCUT2D eigenvalue weighted by Crippen LogP contribution is 2.35. The topological polar surface area (TPSA) is 66.5 Å². The van der Waals surface area contributed by atoms with Gasteiger partial charge in [0.05, 0.1) is 0 Å². The summed E-state index contributed by atoms with van der Waals surface area (Å²) in [5, 5.41) is 6.94. The van der Waals surface area contributed by atoms with E-state index in [4.69, 9.17) is 27.9 Å². The van der Waals surface area contributed by atoms with Crippen LogP contribution in [0.3, 0.4) is 0 Å². The minimum absolute atomic E-state index is 0.212. The largest absolute Gasteiger partial charge is 0.381 e. The molecular weight excluding hydrogens is 519 g/mol. The normalized spacial score (nSPS) is 18.2. The molecule has 1 atom stereocenters. The third kappa shape index (κ3) is 7.06. The number of piperidine rings is 1. The van der Waals surface area contributed by atoms with E-state index in [1.54, 1.807) is 24.4 Å². The van der Waals surface area contributed by atoms with Crippen LogP contribution in [0.15, 0.2) is 67.0 Å². The van der Waals surface area contributed by atoms with Gasteiger partial charge in [-0.05, 0) is 85.6 Å². The van der Waals surface area contributed by atoms with Gasteiger partial charge in [0.1, 0.15) is 0 Å². The maximum atomic E-state index is 12.8. The zero-order chi connectivity index (χ0) is 26.3. The lowest BCUT2D eigenvalue weighted by molar-refractivity contribution is 0.0192. The Kier molecular flexibility index (Phi) is 9.18. The molecule has 6 nitrogen and oxygen atoms in total. The van der Waals surface area contributed by atoms with E-state index in [-0.39, 0.29) is 11.9 Å². The van der Waals surface area contributed by atoms with E-state index in [1.807, 2.05) is 12.3 Å². The molecule has 38 heavy (non-hydrogen) atoms. The first-order valence-electron chi connectivity index (χ1n) is 13.4. The van der Waals surface area contributed by atoms with Gasteiger partial charge in [0.2, 0.25) is 0 Å². The number of anilines is 1. The molecule has 8 heteroatoms. The van der Waals surface area contributed by atoms with Crippen LogP contribution < -0.4 is 10.6 Å². The molecule has 0 radical (unpaired) electrons. The molecule has 2 saturated heterocycles. The number of pyridine rings is 1. The van der Waals surface area contributed by atoms with E-state index < -0.39 is 0 Å². The second kappa shape index (κ2) is 12.9. The Morgan fingerprint density at radius 3 is 2.34 bits per heavy atom. The highest BCUT2D eigenvalue weighted by Gasteiger charge is 2.31. The SMILES string of the molecule is O=C(NCC(c1ccc(-c2cccnc2)cc1)C1CCN(C2CCOCC2)CC1)Nc1cc(Cl)cc(Cl)c1. The van der Waals surface area contributed by atoms with Gasteiger partial charge in [0, 0.05) is 59.8 Å². The van der Waals surface area contributed by atoms with Gasteiger partial charge < -0.3 is 20.3 Å². The van der Waals surface area contributed by atoms with E-state index in [0.29, 0.717) is 34.2 Å². The Bertz CT molecular complexity index is 1170. The van der Waals surface area contributed by atoms with Crippen LogP contribution in [0.25, 0.3) is 11.1 Å². The standard InChI is InChI=1S/C30H34Cl2N4O2/c31-25-16-26(32)18-27(17-25)35-30(37)34-20-29(22-5-3-21(4-6-22)24-2-1-11-33-19-24)23-7-12-36(13-8-23)28-9-14-38-15-10-28/h1-6,11,16-19,23,28-29H,7-10,12-15,20H2,(H2,34,35,37). The number of carbonyl (C=O) groups excluding carboxylic acids is 1. The summed E-state index contributed by atoms with van der Waals surface area (Å²) < 4.78 is 5.57. The Morgan fingerprint density at radius 2 is 1.68 bits per heavy atom. The number of rotatable bonds is 7. The molecule has 3 aromatic rings. The van der Waals surface area contributed by atoms with Crippen LogP contribution in [0.5, 0.6) is 0 Å². The fourth-order valence-electron chi connectivity index (χ4n) is 5.75. The van der Waals surface area contributed by atoms with Crippen LogP contribution in [-0.4, -0.2) is 54.8 Å². The average Bonchev–Trinajstić information content (AvgIpc) is 2.94. The van der Waals surface area contributed by atoms with E-state index in [1.165, 1.54) is 5.56 Å². The number of hydrogen-bond acceptors (Lipinski definition) is 4.